The number of pyridine rings is 1. The van der Waals surface area contributed by atoms with Crippen LogP contribution in [0.5, 0.6) is 5.75 Å². The van der Waals surface area contributed by atoms with Crippen LogP contribution in [0.2, 0.25) is 0 Å². The number of hydrogen-bond acceptors (Lipinski definition) is 4. The van der Waals surface area contributed by atoms with Crippen molar-refractivity contribution in [1.29, 1.82) is 0 Å². The van der Waals surface area contributed by atoms with Crippen LogP contribution in [0.4, 0.5) is 13.2 Å². The summed E-state index contributed by atoms with van der Waals surface area (Å²) in [5, 5.41) is 0. The Morgan fingerprint density at radius 1 is 1.09 bits per heavy atom. The molecule has 34 heavy (non-hydrogen) atoms. The fourth-order valence-electron chi connectivity index (χ4n) is 3.59. The predicted molar refractivity (Wildman–Crippen MR) is 127 cm³/mol. The molecular formula is C25H20BrF3N2O3. The molecule has 0 saturated heterocycles. The molecule has 176 valence electrons. The summed E-state index contributed by atoms with van der Waals surface area (Å²) in [5.41, 5.74) is 3.73. The Bertz CT molecular complexity index is 1340. The van der Waals surface area contributed by atoms with Gasteiger partial charge >= 0.3 is 6.36 Å². The van der Waals surface area contributed by atoms with Gasteiger partial charge in [-0.05, 0) is 73.5 Å². The Balaban J connectivity index is 1.67. The smallest absolute Gasteiger partial charge is 0.472 e. The van der Waals surface area contributed by atoms with E-state index >= 15 is 0 Å². The van der Waals surface area contributed by atoms with Gasteiger partial charge in [0.15, 0.2) is 0 Å². The molecule has 0 atom stereocenters. The Hall–Kier alpha value is -3.33. The van der Waals surface area contributed by atoms with Crippen LogP contribution in [-0.4, -0.2) is 23.4 Å². The standard InChI is InChI=1S/C25H20BrF3N2O3/c1-15-14-33-23(30-22(15)18-7-9-20(10-8-18)34-25(27,28)29)21-11-6-16(2)31(24(21)32)13-17-4-3-5-19(26)12-17/h3-12H,13-14H2,1-2H3. The van der Waals surface area contributed by atoms with E-state index in [1.807, 2.05) is 44.2 Å². The van der Waals surface area contributed by atoms with Crippen molar-refractivity contribution in [3.8, 4) is 5.75 Å². The van der Waals surface area contributed by atoms with Crippen molar-refractivity contribution in [3.63, 3.8) is 0 Å². The molecule has 9 heteroatoms. The summed E-state index contributed by atoms with van der Waals surface area (Å²) in [4.78, 5) is 17.9. The lowest BCUT2D eigenvalue weighted by atomic mass is 10.1. The number of aromatic nitrogens is 1. The summed E-state index contributed by atoms with van der Waals surface area (Å²) in [6.45, 7) is 4.25. The zero-order chi connectivity index (χ0) is 24.5. The van der Waals surface area contributed by atoms with Crippen molar-refractivity contribution >= 4 is 27.5 Å². The van der Waals surface area contributed by atoms with E-state index in [-0.39, 0.29) is 23.8 Å². The number of halogens is 4. The van der Waals surface area contributed by atoms with Gasteiger partial charge in [0, 0.05) is 15.7 Å². The molecule has 0 saturated carbocycles. The summed E-state index contributed by atoms with van der Waals surface area (Å²) in [5.74, 6) is -0.149. The zero-order valence-electron chi connectivity index (χ0n) is 18.3. The average molecular weight is 533 g/mol. The van der Waals surface area contributed by atoms with Crippen molar-refractivity contribution in [1.82, 2.24) is 4.57 Å². The van der Waals surface area contributed by atoms with E-state index in [1.54, 1.807) is 10.6 Å². The van der Waals surface area contributed by atoms with Gasteiger partial charge in [-0.3, -0.25) is 4.79 Å². The molecule has 0 spiro atoms. The number of hydrogen-bond donors (Lipinski definition) is 0. The van der Waals surface area contributed by atoms with Gasteiger partial charge in [0.05, 0.1) is 12.2 Å². The Morgan fingerprint density at radius 3 is 2.50 bits per heavy atom. The van der Waals surface area contributed by atoms with Crippen molar-refractivity contribution in [3.05, 3.63) is 103 Å². The third-order valence-corrected chi connectivity index (χ3v) is 5.75. The molecule has 0 aliphatic carbocycles. The van der Waals surface area contributed by atoms with Gasteiger partial charge in [-0.25, -0.2) is 4.99 Å². The lowest BCUT2D eigenvalue weighted by Crippen LogP contribution is -2.30. The SMILES string of the molecule is CC1=C(c2ccc(OC(F)(F)F)cc2)N=C(c2ccc(C)n(Cc3cccc(Br)c3)c2=O)OC1. The van der Waals surface area contributed by atoms with Crippen LogP contribution in [0.15, 0.2) is 80.5 Å². The Kier molecular flexibility index (Phi) is 6.65. The minimum absolute atomic E-state index is 0.171. The zero-order valence-corrected chi connectivity index (χ0v) is 19.9. The van der Waals surface area contributed by atoms with E-state index in [9.17, 15) is 18.0 Å². The average Bonchev–Trinajstić information content (AvgIpc) is 2.77. The number of aliphatic imine (C=N–C) groups is 1. The monoisotopic (exact) mass is 532 g/mol. The molecule has 5 nitrogen and oxygen atoms in total. The molecule has 1 aliphatic rings. The summed E-state index contributed by atoms with van der Waals surface area (Å²) < 4.78 is 49.6. The first kappa shape index (κ1) is 23.8. The molecule has 0 amide bonds. The van der Waals surface area contributed by atoms with E-state index in [2.05, 4.69) is 25.7 Å². The summed E-state index contributed by atoms with van der Waals surface area (Å²) in [6, 6.07) is 16.6. The molecule has 2 aromatic carbocycles. The second-order valence-electron chi connectivity index (χ2n) is 7.82. The highest BCUT2D eigenvalue weighted by molar-refractivity contribution is 9.10. The maximum Gasteiger partial charge on any atom is 0.573 e. The van der Waals surface area contributed by atoms with Gasteiger partial charge in [-0.2, -0.15) is 0 Å². The molecule has 0 unspecified atom stereocenters. The van der Waals surface area contributed by atoms with Gasteiger partial charge in [0.1, 0.15) is 17.9 Å². The van der Waals surface area contributed by atoms with Crippen LogP contribution in [0.25, 0.3) is 5.70 Å². The number of alkyl halides is 3. The highest BCUT2D eigenvalue weighted by atomic mass is 79.9. The number of nitrogens with zero attached hydrogens (tertiary/aromatic N) is 2. The lowest BCUT2D eigenvalue weighted by molar-refractivity contribution is -0.274. The largest absolute Gasteiger partial charge is 0.573 e. The van der Waals surface area contributed by atoms with Crippen molar-refractivity contribution in [2.75, 3.05) is 6.61 Å². The van der Waals surface area contributed by atoms with E-state index in [0.717, 1.165) is 21.3 Å². The molecule has 0 bridgehead atoms. The number of rotatable bonds is 5. The molecule has 0 radical (unpaired) electrons. The van der Waals surface area contributed by atoms with Crippen LogP contribution < -0.4 is 10.3 Å². The first-order valence-corrected chi connectivity index (χ1v) is 11.1. The van der Waals surface area contributed by atoms with Crippen LogP contribution in [0.1, 0.15) is 29.3 Å². The Labute approximate surface area is 202 Å². The first-order chi connectivity index (χ1) is 16.1. The molecule has 4 rings (SSSR count). The minimum Gasteiger partial charge on any atom is -0.472 e. The van der Waals surface area contributed by atoms with E-state index in [0.29, 0.717) is 23.4 Å². The van der Waals surface area contributed by atoms with Crippen molar-refractivity contribution in [2.45, 2.75) is 26.8 Å². The fraction of sp³-hybridized carbons (Fsp3) is 0.200. The van der Waals surface area contributed by atoms with Crippen LogP contribution in [0.3, 0.4) is 0 Å². The summed E-state index contributed by atoms with van der Waals surface area (Å²) >= 11 is 3.45. The lowest BCUT2D eigenvalue weighted by Gasteiger charge is -2.20. The third kappa shape index (κ3) is 5.41. The first-order valence-electron chi connectivity index (χ1n) is 10.3. The van der Waals surface area contributed by atoms with Crippen LogP contribution in [0, 0.1) is 6.92 Å². The van der Waals surface area contributed by atoms with Crippen molar-refractivity contribution in [2.24, 2.45) is 4.99 Å². The number of aryl methyl sites for hydroxylation is 1. The topological polar surface area (TPSA) is 52.8 Å². The maximum atomic E-state index is 13.3. The molecule has 2 heterocycles. The molecular weight excluding hydrogens is 513 g/mol. The van der Waals surface area contributed by atoms with E-state index < -0.39 is 6.36 Å². The van der Waals surface area contributed by atoms with Gasteiger partial charge in [-0.15, -0.1) is 13.2 Å². The second kappa shape index (κ2) is 9.50. The highest BCUT2D eigenvalue weighted by Crippen LogP contribution is 2.29. The van der Waals surface area contributed by atoms with E-state index in [4.69, 9.17) is 4.74 Å². The van der Waals surface area contributed by atoms with Gasteiger partial charge < -0.3 is 14.0 Å². The maximum absolute atomic E-state index is 13.3. The molecule has 3 aromatic rings. The van der Waals surface area contributed by atoms with E-state index in [1.165, 1.54) is 24.3 Å². The molecule has 0 N–H and O–H groups in total. The number of ether oxygens (including phenoxy) is 2. The number of benzene rings is 2. The normalized spacial score (nSPS) is 14.0. The highest BCUT2D eigenvalue weighted by Gasteiger charge is 2.31. The summed E-state index contributed by atoms with van der Waals surface area (Å²) in [7, 11) is 0. The van der Waals surface area contributed by atoms with Gasteiger partial charge in [0.25, 0.3) is 5.56 Å². The fourth-order valence-corrected chi connectivity index (χ4v) is 4.03. The quantitative estimate of drug-likeness (QED) is 0.400. The second-order valence-corrected chi connectivity index (χ2v) is 8.73. The van der Waals surface area contributed by atoms with Gasteiger partial charge in [-0.1, -0.05) is 28.1 Å². The minimum atomic E-state index is -4.76. The summed E-state index contributed by atoms with van der Waals surface area (Å²) in [6.07, 6.45) is -4.76. The molecule has 0 fully saturated rings. The molecule has 1 aromatic heterocycles. The van der Waals surface area contributed by atoms with Crippen molar-refractivity contribution < 1.29 is 22.6 Å². The Morgan fingerprint density at radius 2 is 1.82 bits per heavy atom. The predicted octanol–water partition coefficient (Wildman–Crippen LogP) is 6.07. The van der Waals surface area contributed by atoms with Crippen LogP contribution in [-0.2, 0) is 11.3 Å². The molecule has 1 aliphatic heterocycles. The van der Waals surface area contributed by atoms with Gasteiger partial charge in [0.2, 0.25) is 5.90 Å². The van der Waals surface area contributed by atoms with Crippen LogP contribution >= 0.6 is 15.9 Å². The third-order valence-electron chi connectivity index (χ3n) is 5.26.